The van der Waals surface area contributed by atoms with E-state index in [1.54, 1.807) is 19.2 Å². The maximum absolute atomic E-state index is 12.9. The molecule has 23 heavy (non-hydrogen) atoms. The zero-order valence-electron chi connectivity index (χ0n) is 12.7. The Hall–Kier alpha value is -2.71. The molecule has 2 aromatic heterocycles. The van der Waals surface area contributed by atoms with E-state index in [0.29, 0.717) is 16.1 Å². The van der Waals surface area contributed by atoms with Gasteiger partial charge in [-0.05, 0) is 36.9 Å². The summed E-state index contributed by atoms with van der Waals surface area (Å²) in [6, 6.07) is 11.1. The van der Waals surface area contributed by atoms with Gasteiger partial charge in [0.05, 0.1) is 10.9 Å². The van der Waals surface area contributed by atoms with E-state index >= 15 is 0 Å². The van der Waals surface area contributed by atoms with Gasteiger partial charge >= 0.3 is 0 Å². The van der Waals surface area contributed by atoms with E-state index in [1.807, 2.05) is 36.4 Å². The maximum Gasteiger partial charge on any atom is 0.198 e. The highest BCUT2D eigenvalue weighted by molar-refractivity contribution is 7.12. The summed E-state index contributed by atoms with van der Waals surface area (Å²) in [6.45, 7) is 3.59. The van der Waals surface area contributed by atoms with Gasteiger partial charge in [0.25, 0.3) is 0 Å². The van der Waals surface area contributed by atoms with Crippen LogP contribution in [0.5, 0.6) is 0 Å². The van der Waals surface area contributed by atoms with Crippen LogP contribution in [0.2, 0.25) is 0 Å². The van der Waals surface area contributed by atoms with Crippen LogP contribution in [0.1, 0.15) is 31.3 Å². The third kappa shape index (κ3) is 2.47. The van der Waals surface area contributed by atoms with Gasteiger partial charge < -0.3 is 4.98 Å². The molecule has 5 heteroatoms. The van der Waals surface area contributed by atoms with E-state index in [-0.39, 0.29) is 0 Å². The lowest BCUT2D eigenvalue weighted by Gasteiger charge is -2.07. The van der Waals surface area contributed by atoms with E-state index in [4.69, 9.17) is 0 Å². The summed E-state index contributed by atoms with van der Waals surface area (Å²) >= 11 is 1.26. The Labute approximate surface area is 137 Å². The number of H-pyrrole nitrogens is 1. The van der Waals surface area contributed by atoms with Gasteiger partial charge in [-0.2, -0.15) is 5.26 Å². The molecule has 0 aliphatic carbocycles. The van der Waals surface area contributed by atoms with Crippen molar-refractivity contribution in [2.75, 3.05) is 0 Å². The van der Waals surface area contributed by atoms with E-state index in [9.17, 15) is 14.9 Å². The van der Waals surface area contributed by atoms with Crippen LogP contribution in [-0.2, 0) is 0 Å². The first-order valence-electron chi connectivity index (χ1n) is 7.14. The standard InChI is InChI=1S/C18H14N2O2S/c1-10-7-8-23-18(10)17(22)13(9-19)16(21)15-11(2)20-14-6-4-3-5-12(14)15/h3-8,13,20H,1-2H3/t13-/m0/s1. The van der Waals surface area contributed by atoms with Crippen LogP contribution in [0, 0.1) is 31.1 Å². The highest BCUT2D eigenvalue weighted by atomic mass is 32.1. The molecule has 1 N–H and O–H groups in total. The lowest BCUT2D eigenvalue weighted by molar-refractivity contribution is 0.0849. The number of Topliss-reactive ketones (excluding diaryl/α,β-unsaturated/α-hetero) is 2. The molecular formula is C18H14N2O2S. The molecule has 1 aromatic carbocycles. The largest absolute Gasteiger partial charge is 0.358 e. The number of thiophene rings is 1. The van der Waals surface area contributed by atoms with Crippen LogP contribution in [0.15, 0.2) is 35.7 Å². The van der Waals surface area contributed by atoms with Crippen molar-refractivity contribution in [3.8, 4) is 6.07 Å². The average molecular weight is 322 g/mol. The molecular weight excluding hydrogens is 308 g/mol. The Morgan fingerprint density at radius 1 is 1.17 bits per heavy atom. The molecule has 0 spiro atoms. The van der Waals surface area contributed by atoms with Gasteiger partial charge in [0, 0.05) is 22.2 Å². The van der Waals surface area contributed by atoms with Crippen LogP contribution in [0.4, 0.5) is 0 Å². The Kier molecular flexibility index (Phi) is 3.85. The Morgan fingerprint density at radius 2 is 1.91 bits per heavy atom. The molecule has 0 bridgehead atoms. The third-order valence-electron chi connectivity index (χ3n) is 3.88. The maximum atomic E-state index is 12.9. The van der Waals surface area contributed by atoms with Gasteiger partial charge in [0.2, 0.25) is 0 Å². The molecule has 0 aliphatic rings. The number of carbonyl (C=O) groups excluding carboxylic acids is 2. The second kappa shape index (κ2) is 5.82. The number of nitrogens with zero attached hydrogens (tertiary/aromatic N) is 1. The molecule has 3 rings (SSSR count). The smallest absolute Gasteiger partial charge is 0.198 e. The number of carbonyl (C=O) groups is 2. The zero-order chi connectivity index (χ0) is 16.6. The topological polar surface area (TPSA) is 73.7 Å². The van der Waals surface area contributed by atoms with Gasteiger partial charge in [-0.3, -0.25) is 9.59 Å². The molecule has 0 fully saturated rings. The van der Waals surface area contributed by atoms with Crippen LogP contribution >= 0.6 is 11.3 Å². The lowest BCUT2D eigenvalue weighted by atomic mass is 9.92. The average Bonchev–Trinajstić information content (AvgIpc) is 3.09. The van der Waals surface area contributed by atoms with Crippen molar-refractivity contribution in [1.29, 1.82) is 5.26 Å². The van der Waals surface area contributed by atoms with Gasteiger partial charge in [-0.1, -0.05) is 18.2 Å². The highest BCUT2D eigenvalue weighted by Gasteiger charge is 2.32. The fraction of sp³-hybridized carbons (Fsp3) is 0.167. The normalized spacial score (nSPS) is 12.0. The minimum Gasteiger partial charge on any atom is -0.358 e. The zero-order valence-corrected chi connectivity index (χ0v) is 13.5. The number of hydrogen-bond donors (Lipinski definition) is 1. The second-order valence-electron chi connectivity index (χ2n) is 5.39. The molecule has 0 aliphatic heterocycles. The van der Waals surface area contributed by atoms with Gasteiger partial charge in [0.15, 0.2) is 17.5 Å². The summed E-state index contributed by atoms with van der Waals surface area (Å²) in [7, 11) is 0. The van der Waals surface area contributed by atoms with Gasteiger partial charge in [0.1, 0.15) is 0 Å². The van der Waals surface area contributed by atoms with Crippen LogP contribution in [0.3, 0.4) is 0 Å². The monoisotopic (exact) mass is 322 g/mol. The fourth-order valence-corrected chi connectivity index (χ4v) is 3.63. The summed E-state index contributed by atoms with van der Waals surface area (Å²) in [5.74, 6) is -2.18. The number of aryl methyl sites for hydroxylation is 2. The van der Waals surface area contributed by atoms with Crippen molar-refractivity contribution in [3.63, 3.8) is 0 Å². The molecule has 1 atom stereocenters. The number of hydrogen-bond acceptors (Lipinski definition) is 4. The summed E-state index contributed by atoms with van der Waals surface area (Å²) < 4.78 is 0. The van der Waals surface area contributed by atoms with E-state index in [1.165, 1.54) is 11.3 Å². The number of nitriles is 1. The molecule has 4 nitrogen and oxygen atoms in total. The Balaban J connectivity index is 2.07. The lowest BCUT2D eigenvalue weighted by Crippen LogP contribution is -2.23. The molecule has 0 saturated heterocycles. The molecule has 0 amide bonds. The quantitative estimate of drug-likeness (QED) is 0.581. The number of ketones is 2. The summed E-state index contributed by atoms with van der Waals surface area (Å²) in [4.78, 5) is 29.1. The molecule has 3 aromatic rings. The summed E-state index contributed by atoms with van der Waals surface area (Å²) in [5.41, 5.74) is 2.72. The van der Waals surface area contributed by atoms with Crippen molar-refractivity contribution in [2.24, 2.45) is 5.92 Å². The van der Waals surface area contributed by atoms with Crippen molar-refractivity contribution in [2.45, 2.75) is 13.8 Å². The molecule has 0 unspecified atom stereocenters. The SMILES string of the molecule is Cc1ccsc1C(=O)[C@@H](C#N)C(=O)c1c(C)[nH]c2ccccc12. The van der Waals surface area contributed by atoms with Crippen molar-refractivity contribution < 1.29 is 9.59 Å². The van der Waals surface area contributed by atoms with Gasteiger partial charge in [-0.15, -0.1) is 11.3 Å². The van der Waals surface area contributed by atoms with E-state index in [2.05, 4.69) is 4.98 Å². The van der Waals surface area contributed by atoms with Crippen molar-refractivity contribution >= 4 is 33.8 Å². The number of benzene rings is 1. The number of fused-ring (bicyclic) bond motifs is 1. The van der Waals surface area contributed by atoms with Crippen molar-refractivity contribution in [1.82, 2.24) is 4.98 Å². The molecule has 0 saturated carbocycles. The minimum atomic E-state index is -1.31. The minimum absolute atomic E-state index is 0.422. The van der Waals surface area contributed by atoms with Crippen LogP contribution in [0.25, 0.3) is 10.9 Å². The first kappa shape index (κ1) is 15.2. The number of nitrogens with one attached hydrogen (secondary N) is 1. The van der Waals surface area contributed by atoms with E-state index < -0.39 is 17.5 Å². The first-order chi connectivity index (χ1) is 11.0. The molecule has 0 radical (unpaired) electrons. The number of aromatic nitrogens is 1. The first-order valence-corrected chi connectivity index (χ1v) is 8.02. The molecule has 2 heterocycles. The second-order valence-corrected chi connectivity index (χ2v) is 6.31. The van der Waals surface area contributed by atoms with Crippen LogP contribution in [-0.4, -0.2) is 16.6 Å². The predicted molar refractivity (Wildman–Crippen MR) is 89.9 cm³/mol. The van der Waals surface area contributed by atoms with Crippen molar-refractivity contribution in [3.05, 3.63) is 57.4 Å². The molecule has 114 valence electrons. The van der Waals surface area contributed by atoms with Crippen LogP contribution < -0.4 is 0 Å². The number of para-hydroxylation sites is 1. The number of aromatic amines is 1. The summed E-state index contributed by atoms with van der Waals surface area (Å²) in [6.07, 6.45) is 0. The summed E-state index contributed by atoms with van der Waals surface area (Å²) in [5, 5.41) is 12.0. The number of rotatable bonds is 4. The predicted octanol–water partition coefficient (Wildman–Crippen LogP) is 4.05. The Bertz CT molecular complexity index is 959. The highest BCUT2D eigenvalue weighted by Crippen LogP contribution is 2.27. The van der Waals surface area contributed by atoms with Gasteiger partial charge in [-0.25, -0.2) is 0 Å². The third-order valence-corrected chi connectivity index (χ3v) is 4.91. The Morgan fingerprint density at radius 3 is 2.57 bits per heavy atom. The van der Waals surface area contributed by atoms with E-state index in [0.717, 1.165) is 16.5 Å². The fourth-order valence-electron chi connectivity index (χ4n) is 2.73.